The molecule has 0 bridgehead atoms. The normalized spacial score (nSPS) is 10.7. The summed E-state index contributed by atoms with van der Waals surface area (Å²) in [7, 11) is 0. The van der Waals surface area contributed by atoms with Crippen LogP contribution in [-0.2, 0) is 0 Å². The van der Waals surface area contributed by atoms with Crippen molar-refractivity contribution in [1.82, 2.24) is 9.38 Å². The average molecular weight is 183 g/mol. The van der Waals surface area contributed by atoms with Crippen LogP contribution in [-0.4, -0.2) is 20.5 Å². The lowest BCUT2D eigenvalue weighted by Crippen LogP contribution is -1.90. The molecule has 0 aromatic carbocycles. The molecule has 0 unspecified atom stereocenters. The SMILES string of the molecule is Nc1ncn2cc(C(=O)O)sc12. The number of imidazole rings is 1. The number of nitrogens with two attached hydrogens (primary N) is 1. The summed E-state index contributed by atoms with van der Waals surface area (Å²) in [5, 5.41) is 8.63. The van der Waals surface area contributed by atoms with E-state index in [1.54, 1.807) is 4.40 Å². The van der Waals surface area contributed by atoms with E-state index >= 15 is 0 Å². The van der Waals surface area contributed by atoms with E-state index in [2.05, 4.69) is 4.98 Å². The van der Waals surface area contributed by atoms with E-state index in [1.807, 2.05) is 0 Å². The third-order valence-electron chi connectivity index (χ3n) is 1.45. The molecule has 0 atom stereocenters. The zero-order valence-electron chi connectivity index (χ0n) is 5.89. The van der Waals surface area contributed by atoms with Gasteiger partial charge in [0, 0.05) is 6.20 Å². The molecule has 0 spiro atoms. The number of fused-ring (bicyclic) bond motifs is 1. The van der Waals surface area contributed by atoms with Crippen LogP contribution < -0.4 is 5.73 Å². The maximum absolute atomic E-state index is 10.5. The van der Waals surface area contributed by atoms with E-state index < -0.39 is 5.97 Å². The van der Waals surface area contributed by atoms with Gasteiger partial charge in [0.2, 0.25) is 0 Å². The van der Waals surface area contributed by atoms with Gasteiger partial charge in [-0.3, -0.25) is 4.40 Å². The van der Waals surface area contributed by atoms with E-state index in [-0.39, 0.29) is 4.88 Å². The molecular formula is C6H5N3O2S. The smallest absolute Gasteiger partial charge is 0.347 e. The number of carboxylic acids is 1. The van der Waals surface area contributed by atoms with Crippen molar-refractivity contribution in [1.29, 1.82) is 0 Å². The Labute approximate surface area is 71.1 Å². The van der Waals surface area contributed by atoms with Crippen molar-refractivity contribution in [2.75, 3.05) is 5.73 Å². The van der Waals surface area contributed by atoms with Crippen LogP contribution in [0.5, 0.6) is 0 Å². The first-order valence-corrected chi connectivity index (χ1v) is 3.95. The van der Waals surface area contributed by atoms with Crippen LogP contribution >= 0.6 is 11.3 Å². The molecule has 2 aromatic rings. The summed E-state index contributed by atoms with van der Waals surface area (Å²) in [6, 6.07) is 0. The summed E-state index contributed by atoms with van der Waals surface area (Å²) in [5.74, 6) is -0.574. The molecule has 0 saturated carbocycles. The van der Waals surface area contributed by atoms with Gasteiger partial charge in [-0.25, -0.2) is 9.78 Å². The second-order valence-electron chi connectivity index (χ2n) is 2.24. The molecular weight excluding hydrogens is 178 g/mol. The Balaban J connectivity index is 2.70. The van der Waals surface area contributed by atoms with Crippen LogP contribution in [0, 0.1) is 0 Å². The van der Waals surface area contributed by atoms with Gasteiger partial charge in [-0.2, -0.15) is 0 Å². The number of aromatic carboxylic acids is 1. The first-order valence-electron chi connectivity index (χ1n) is 3.14. The zero-order chi connectivity index (χ0) is 8.72. The molecule has 0 amide bonds. The number of anilines is 1. The second-order valence-corrected chi connectivity index (χ2v) is 3.27. The van der Waals surface area contributed by atoms with E-state index in [4.69, 9.17) is 10.8 Å². The lowest BCUT2D eigenvalue weighted by molar-refractivity contribution is 0.0702. The molecule has 0 aliphatic carbocycles. The van der Waals surface area contributed by atoms with Gasteiger partial charge in [-0.1, -0.05) is 0 Å². The van der Waals surface area contributed by atoms with Crippen molar-refractivity contribution >= 4 is 28.0 Å². The summed E-state index contributed by atoms with van der Waals surface area (Å²) in [6.07, 6.45) is 2.99. The number of carbonyl (C=O) groups is 1. The minimum atomic E-state index is -0.942. The largest absolute Gasteiger partial charge is 0.477 e. The summed E-state index contributed by atoms with van der Waals surface area (Å²) in [5.41, 5.74) is 5.48. The Morgan fingerprint density at radius 1 is 1.75 bits per heavy atom. The fourth-order valence-electron chi connectivity index (χ4n) is 0.917. The maximum Gasteiger partial charge on any atom is 0.347 e. The first kappa shape index (κ1) is 7.11. The number of nitrogen functional groups attached to an aromatic ring is 1. The quantitative estimate of drug-likeness (QED) is 0.681. The van der Waals surface area contributed by atoms with Crippen LogP contribution in [0.25, 0.3) is 4.83 Å². The molecule has 2 aromatic heterocycles. The van der Waals surface area contributed by atoms with Crippen LogP contribution in [0.4, 0.5) is 5.82 Å². The summed E-state index contributed by atoms with van der Waals surface area (Å²) < 4.78 is 1.60. The maximum atomic E-state index is 10.5. The predicted molar refractivity (Wildman–Crippen MR) is 44.4 cm³/mol. The topological polar surface area (TPSA) is 80.6 Å². The zero-order valence-corrected chi connectivity index (χ0v) is 6.71. The first-order chi connectivity index (χ1) is 5.68. The Hall–Kier alpha value is -1.56. The van der Waals surface area contributed by atoms with E-state index in [0.717, 1.165) is 11.3 Å². The highest BCUT2D eigenvalue weighted by Crippen LogP contribution is 2.22. The van der Waals surface area contributed by atoms with E-state index in [9.17, 15) is 4.79 Å². The van der Waals surface area contributed by atoms with Crippen molar-refractivity contribution in [2.45, 2.75) is 0 Å². The van der Waals surface area contributed by atoms with Gasteiger partial charge < -0.3 is 10.8 Å². The van der Waals surface area contributed by atoms with Crippen LogP contribution in [0.3, 0.4) is 0 Å². The molecule has 0 radical (unpaired) electrons. The number of carboxylic acid groups (broad SMARTS) is 1. The summed E-state index contributed by atoms with van der Waals surface area (Å²) >= 11 is 1.11. The van der Waals surface area contributed by atoms with Crippen LogP contribution in [0.15, 0.2) is 12.5 Å². The molecule has 0 aliphatic heterocycles. The minimum Gasteiger partial charge on any atom is -0.477 e. The molecule has 62 valence electrons. The Morgan fingerprint density at radius 3 is 3.08 bits per heavy atom. The molecule has 3 N–H and O–H groups in total. The lowest BCUT2D eigenvalue weighted by Gasteiger charge is -1.80. The number of hydrogen-bond acceptors (Lipinski definition) is 4. The monoisotopic (exact) mass is 183 g/mol. The lowest BCUT2D eigenvalue weighted by atomic mass is 10.6. The number of aromatic nitrogens is 2. The van der Waals surface area contributed by atoms with Gasteiger partial charge in [-0.05, 0) is 0 Å². The highest BCUT2D eigenvalue weighted by atomic mass is 32.1. The molecule has 12 heavy (non-hydrogen) atoms. The van der Waals surface area contributed by atoms with Gasteiger partial charge in [0.05, 0.1) is 0 Å². The van der Waals surface area contributed by atoms with Crippen molar-refractivity contribution in [3.63, 3.8) is 0 Å². The highest BCUT2D eigenvalue weighted by Gasteiger charge is 2.10. The predicted octanol–water partition coefficient (Wildman–Crippen LogP) is 0.676. The summed E-state index contributed by atoms with van der Waals surface area (Å²) in [4.78, 5) is 15.3. The summed E-state index contributed by atoms with van der Waals surface area (Å²) in [6.45, 7) is 0. The highest BCUT2D eigenvalue weighted by molar-refractivity contribution is 7.19. The van der Waals surface area contributed by atoms with Gasteiger partial charge in [0.25, 0.3) is 0 Å². The Morgan fingerprint density at radius 2 is 2.50 bits per heavy atom. The van der Waals surface area contributed by atoms with Gasteiger partial charge in [0.1, 0.15) is 16.0 Å². The molecule has 0 aliphatic rings. The fourth-order valence-corrected chi connectivity index (χ4v) is 1.74. The Bertz CT molecular complexity index is 445. The number of rotatable bonds is 1. The van der Waals surface area contributed by atoms with Crippen molar-refractivity contribution in [3.8, 4) is 0 Å². The molecule has 0 saturated heterocycles. The number of nitrogens with zero attached hydrogens (tertiary/aromatic N) is 2. The Kier molecular flexibility index (Phi) is 1.31. The average Bonchev–Trinajstić information content (AvgIpc) is 2.53. The van der Waals surface area contributed by atoms with Crippen molar-refractivity contribution in [2.24, 2.45) is 0 Å². The standard InChI is InChI=1S/C6H5N3O2S/c7-4-5-9(2-8-4)1-3(12-5)6(10)11/h1-2H,7H2,(H,10,11). The van der Waals surface area contributed by atoms with Gasteiger partial charge >= 0.3 is 5.97 Å². The van der Waals surface area contributed by atoms with Crippen LogP contribution in [0.2, 0.25) is 0 Å². The third-order valence-corrected chi connectivity index (χ3v) is 2.56. The number of hydrogen-bond donors (Lipinski definition) is 2. The second kappa shape index (κ2) is 2.21. The van der Waals surface area contributed by atoms with Gasteiger partial charge in [-0.15, -0.1) is 11.3 Å². The minimum absolute atomic E-state index is 0.263. The fraction of sp³-hybridized carbons (Fsp3) is 0. The van der Waals surface area contributed by atoms with Crippen molar-refractivity contribution in [3.05, 3.63) is 17.4 Å². The molecule has 6 heteroatoms. The molecule has 0 fully saturated rings. The van der Waals surface area contributed by atoms with E-state index in [1.165, 1.54) is 12.5 Å². The number of thiazole rings is 1. The van der Waals surface area contributed by atoms with Crippen LogP contribution in [0.1, 0.15) is 9.67 Å². The molecule has 2 heterocycles. The van der Waals surface area contributed by atoms with Crippen molar-refractivity contribution < 1.29 is 9.90 Å². The third kappa shape index (κ3) is 0.850. The van der Waals surface area contributed by atoms with Gasteiger partial charge in [0.15, 0.2) is 5.82 Å². The molecule has 5 nitrogen and oxygen atoms in total. The van der Waals surface area contributed by atoms with E-state index in [0.29, 0.717) is 10.6 Å². The molecule has 2 rings (SSSR count).